The normalized spacial score (nSPS) is 12.9. The highest BCUT2D eigenvalue weighted by Gasteiger charge is 2.19. The van der Waals surface area contributed by atoms with Gasteiger partial charge in [-0.3, -0.25) is 9.89 Å². The minimum atomic E-state index is 0.252. The van der Waals surface area contributed by atoms with Gasteiger partial charge in [0.05, 0.1) is 13.2 Å². The fraction of sp³-hybridized carbons (Fsp3) is 0.650. The molecule has 0 saturated heterocycles. The SMILES string of the molecule is CCOCCCNC(=NC)NCC(c1cccc(OC)c1)N(CC)CC. The Morgan fingerprint density at radius 3 is 2.58 bits per heavy atom. The molecule has 0 aliphatic rings. The van der Waals surface area contributed by atoms with Gasteiger partial charge in [-0.15, -0.1) is 0 Å². The molecule has 0 heterocycles. The Labute approximate surface area is 159 Å². The smallest absolute Gasteiger partial charge is 0.191 e. The molecular weight excluding hydrogens is 328 g/mol. The Balaban J connectivity index is 2.70. The van der Waals surface area contributed by atoms with Crippen LogP contribution in [0.3, 0.4) is 0 Å². The van der Waals surface area contributed by atoms with E-state index in [-0.39, 0.29) is 6.04 Å². The number of nitrogens with one attached hydrogen (secondary N) is 2. The van der Waals surface area contributed by atoms with Crippen LogP contribution < -0.4 is 15.4 Å². The van der Waals surface area contributed by atoms with E-state index in [1.54, 1.807) is 14.2 Å². The Hall–Kier alpha value is -1.79. The molecule has 0 aromatic heterocycles. The lowest BCUT2D eigenvalue weighted by atomic mass is 10.0. The van der Waals surface area contributed by atoms with E-state index >= 15 is 0 Å². The lowest BCUT2D eigenvalue weighted by Gasteiger charge is -2.31. The van der Waals surface area contributed by atoms with Crippen molar-refractivity contribution in [1.82, 2.24) is 15.5 Å². The van der Waals surface area contributed by atoms with Gasteiger partial charge in [-0.25, -0.2) is 0 Å². The molecule has 148 valence electrons. The molecule has 6 heteroatoms. The van der Waals surface area contributed by atoms with E-state index in [1.165, 1.54) is 5.56 Å². The van der Waals surface area contributed by atoms with Crippen molar-refractivity contribution in [3.63, 3.8) is 0 Å². The van der Waals surface area contributed by atoms with Crippen molar-refractivity contribution >= 4 is 5.96 Å². The van der Waals surface area contributed by atoms with Gasteiger partial charge in [0.15, 0.2) is 5.96 Å². The van der Waals surface area contributed by atoms with Crippen molar-refractivity contribution < 1.29 is 9.47 Å². The molecule has 0 fully saturated rings. The fourth-order valence-electron chi connectivity index (χ4n) is 2.91. The zero-order valence-corrected chi connectivity index (χ0v) is 17.0. The first-order valence-electron chi connectivity index (χ1n) is 9.60. The van der Waals surface area contributed by atoms with Crippen LogP contribution in [0.1, 0.15) is 38.8 Å². The molecule has 0 amide bonds. The number of guanidine groups is 1. The lowest BCUT2D eigenvalue weighted by Crippen LogP contribution is -2.43. The van der Waals surface area contributed by atoms with Gasteiger partial charge < -0.3 is 20.1 Å². The standard InChI is InChI=1S/C20H36N4O2/c1-6-24(7-2)19(17-11-9-12-18(15-17)25-5)16-23-20(21-4)22-13-10-14-26-8-3/h9,11-12,15,19H,6-8,10,13-14,16H2,1-5H3,(H2,21,22,23). The zero-order valence-electron chi connectivity index (χ0n) is 17.0. The maximum Gasteiger partial charge on any atom is 0.191 e. The molecule has 26 heavy (non-hydrogen) atoms. The molecule has 1 aromatic carbocycles. The van der Waals surface area contributed by atoms with Crippen LogP contribution in [0.25, 0.3) is 0 Å². The number of rotatable bonds is 12. The van der Waals surface area contributed by atoms with Crippen LogP contribution in [0.15, 0.2) is 29.3 Å². The van der Waals surface area contributed by atoms with Gasteiger partial charge in [0, 0.05) is 33.4 Å². The van der Waals surface area contributed by atoms with E-state index in [2.05, 4.69) is 46.5 Å². The van der Waals surface area contributed by atoms with E-state index in [1.807, 2.05) is 19.1 Å². The molecule has 0 bridgehead atoms. The topological polar surface area (TPSA) is 58.1 Å². The van der Waals surface area contributed by atoms with Gasteiger partial charge >= 0.3 is 0 Å². The molecule has 0 spiro atoms. The van der Waals surface area contributed by atoms with Crippen molar-refractivity contribution in [3.05, 3.63) is 29.8 Å². The Bertz CT molecular complexity index is 518. The first-order chi connectivity index (χ1) is 12.7. The number of hydrogen-bond donors (Lipinski definition) is 2. The summed E-state index contributed by atoms with van der Waals surface area (Å²) < 4.78 is 10.8. The third-order valence-corrected chi connectivity index (χ3v) is 4.38. The molecule has 1 atom stereocenters. The Morgan fingerprint density at radius 2 is 1.96 bits per heavy atom. The summed E-state index contributed by atoms with van der Waals surface area (Å²) in [6, 6.07) is 8.55. The van der Waals surface area contributed by atoms with Gasteiger partial charge in [0.2, 0.25) is 0 Å². The van der Waals surface area contributed by atoms with Gasteiger partial charge in [0.25, 0.3) is 0 Å². The quantitative estimate of drug-likeness (QED) is 0.339. The van der Waals surface area contributed by atoms with Crippen molar-refractivity contribution in [1.29, 1.82) is 0 Å². The van der Waals surface area contributed by atoms with Crippen LogP contribution in [-0.4, -0.2) is 64.4 Å². The van der Waals surface area contributed by atoms with Crippen LogP contribution in [0.4, 0.5) is 0 Å². The summed E-state index contributed by atoms with van der Waals surface area (Å²) in [5.41, 5.74) is 1.24. The lowest BCUT2D eigenvalue weighted by molar-refractivity contribution is 0.145. The summed E-state index contributed by atoms with van der Waals surface area (Å²) in [6.45, 7) is 11.5. The van der Waals surface area contributed by atoms with E-state index in [9.17, 15) is 0 Å². The number of ether oxygens (including phenoxy) is 2. The average molecular weight is 365 g/mol. The molecule has 0 aliphatic heterocycles. The highest BCUT2D eigenvalue weighted by Crippen LogP contribution is 2.23. The highest BCUT2D eigenvalue weighted by atomic mass is 16.5. The third-order valence-electron chi connectivity index (χ3n) is 4.38. The van der Waals surface area contributed by atoms with Crippen LogP contribution in [-0.2, 0) is 4.74 Å². The summed E-state index contributed by atoms with van der Waals surface area (Å²) in [6.07, 6.45) is 0.962. The van der Waals surface area contributed by atoms with Crippen LogP contribution in [0.5, 0.6) is 5.75 Å². The average Bonchev–Trinajstić information content (AvgIpc) is 2.69. The molecule has 0 radical (unpaired) electrons. The van der Waals surface area contributed by atoms with Crippen molar-refractivity contribution in [3.8, 4) is 5.75 Å². The second-order valence-electron chi connectivity index (χ2n) is 5.94. The minimum Gasteiger partial charge on any atom is -0.497 e. The molecule has 6 nitrogen and oxygen atoms in total. The molecule has 1 rings (SSSR count). The summed E-state index contributed by atoms with van der Waals surface area (Å²) in [7, 11) is 3.51. The second kappa shape index (κ2) is 13.4. The summed E-state index contributed by atoms with van der Waals surface area (Å²) in [4.78, 5) is 6.76. The Kier molecular flexibility index (Phi) is 11.5. The third kappa shape index (κ3) is 7.62. The molecule has 0 saturated carbocycles. The van der Waals surface area contributed by atoms with E-state index in [0.29, 0.717) is 0 Å². The summed E-state index contributed by atoms with van der Waals surface area (Å²) in [5.74, 6) is 1.71. The second-order valence-corrected chi connectivity index (χ2v) is 5.94. The monoisotopic (exact) mass is 364 g/mol. The van der Waals surface area contributed by atoms with E-state index < -0.39 is 0 Å². The number of nitrogens with zero attached hydrogens (tertiary/aromatic N) is 2. The van der Waals surface area contributed by atoms with Gasteiger partial charge in [-0.2, -0.15) is 0 Å². The van der Waals surface area contributed by atoms with Crippen LogP contribution in [0.2, 0.25) is 0 Å². The number of aliphatic imine (C=N–C) groups is 1. The largest absolute Gasteiger partial charge is 0.497 e. The zero-order chi connectivity index (χ0) is 19.2. The molecule has 0 aliphatic carbocycles. The van der Waals surface area contributed by atoms with Gasteiger partial charge in [-0.1, -0.05) is 26.0 Å². The number of likely N-dealkylation sites (N-methyl/N-ethyl adjacent to an activating group) is 1. The maximum atomic E-state index is 5.40. The predicted molar refractivity (Wildman–Crippen MR) is 109 cm³/mol. The maximum absolute atomic E-state index is 5.40. The molecule has 1 unspecified atom stereocenters. The summed E-state index contributed by atoms with van der Waals surface area (Å²) in [5, 5.41) is 6.81. The van der Waals surface area contributed by atoms with Crippen molar-refractivity contribution in [2.45, 2.75) is 33.2 Å². The molecule has 2 N–H and O–H groups in total. The van der Waals surface area contributed by atoms with E-state index in [0.717, 1.165) is 57.5 Å². The van der Waals surface area contributed by atoms with Gasteiger partial charge in [-0.05, 0) is 44.1 Å². The predicted octanol–water partition coefficient (Wildman–Crippen LogP) is 2.67. The van der Waals surface area contributed by atoms with E-state index in [4.69, 9.17) is 9.47 Å². The van der Waals surface area contributed by atoms with Crippen molar-refractivity contribution in [2.24, 2.45) is 4.99 Å². The molecular formula is C20H36N4O2. The number of hydrogen-bond acceptors (Lipinski definition) is 4. The number of benzene rings is 1. The van der Waals surface area contributed by atoms with Crippen LogP contribution >= 0.6 is 0 Å². The first-order valence-corrected chi connectivity index (χ1v) is 9.60. The summed E-state index contributed by atoms with van der Waals surface area (Å²) >= 11 is 0. The number of methoxy groups -OCH3 is 1. The van der Waals surface area contributed by atoms with Crippen molar-refractivity contribution in [2.75, 3.05) is 53.6 Å². The van der Waals surface area contributed by atoms with Crippen LogP contribution in [0, 0.1) is 0 Å². The fourth-order valence-corrected chi connectivity index (χ4v) is 2.91. The Morgan fingerprint density at radius 1 is 1.19 bits per heavy atom. The first kappa shape index (κ1) is 22.3. The molecule has 1 aromatic rings. The minimum absolute atomic E-state index is 0.252. The van der Waals surface area contributed by atoms with Gasteiger partial charge in [0.1, 0.15) is 5.75 Å². The highest BCUT2D eigenvalue weighted by molar-refractivity contribution is 5.79.